The second-order valence-corrected chi connectivity index (χ2v) is 6.83. The van der Waals surface area contributed by atoms with Crippen LogP contribution in [-0.2, 0) is 6.54 Å². The van der Waals surface area contributed by atoms with E-state index in [0.717, 1.165) is 29.8 Å². The highest BCUT2D eigenvalue weighted by atomic mass is 16.3. The number of amides is 2. The first-order valence-corrected chi connectivity index (χ1v) is 8.65. The Morgan fingerprint density at radius 3 is 2.68 bits per heavy atom. The highest BCUT2D eigenvalue weighted by Crippen LogP contribution is 2.15. The molecule has 1 heterocycles. The van der Waals surface area contributed by atoms with Crippen LogP contribution in [0.3, 0.4) is 0 Å². The molecule has 0 aliphatic heterocycles. The maximum absolute atomic E-state index is 12.2. The van der Waals surface area contributed by atoms with E-state index in [9.17, 15) is 9.90 Å². The molecule has 1 aromatic carbocycles. The van der Waals surface area contributed by atoms with Crippen LogP contribution >= 0.6 is 0 Å². The zero-order valence-corrected chi connectivity index (χ0v) is 15.5. The second kappa shape index (κ2) is 8.16. The zero-order chi connectivity index (χ0) is 18.4. The van der Waals surface area contributed by atoms with Gasteiger partial charge in [0.15, 0.2) is 0 Å². The third-order valence-corrected chi connectivity index (χ3v) is 4.19. The van der Waals surface area contributed by atoms with Crippen molar-refractivity contribution < 1.29 is 9.90 Å². The van der Waals surface area contributed by atoms with Crippen LogP contribution in [0.4, 0.5) is 10.5 Å². The van der Waals surface area contributed by atoms with Crippen LogP contribution in [0.15, 0.2) is 30.3 Å². The van der Waals surface area contributed by atoms with Gasteiger partial charge in [-0.15, -0.1) is 0 Å². The van der Waals surface area contributed by atoms with Gasteiger partial charge in [-0.1, -0.05) is 25.5 Å². The first kappa shape index (κ1) is 19.0. The minimum Gasteiger partial charge on any atom is -0.394 e. The number of urea groups is 1. The molecule has 136 valence electrons. The quantitative estimate of drug-likeness (QED) is 0.721. The Morgan fingerprint density at radius 1 is 1.32 bits per heavy atom. The lowest BCUT2D eigenvalue weighted by Gasteiger charge is -2.28. The molecule has 0 saturated carbocycles. The second-order valence-electron chi connectivity index (χ2n) is 6.83. The first-order valence-electron chi connectivity index (χ1n) is 8.65. The Hall–Kier alpha value is -2.34. The third kappa shape index (κ3) is 5.32. The molecule has 0 fully saturated rings. The summed E-state index contributed by atoms with van der Waals surface area (Å²) in [5, 5.41) is 19.7. The molecule has 0 aliphatic rings. The number of aliphatic hydroxyl groups is 1. The van der Waals surface area contributed by atoms with Crippen molar-refractivity contribution in [1.29, 1.82) is 0 Å². The van der Waals surface area contributed by atoms with Gasteiger partial charge in [0.05, 0.1) is 24.4 Å². The van der Waals surface area contributed by atoms with Crippen molar-refractivity contribution >= 4 is 11.7 Å². The molecule has 1 atom stereocenters. The van der Waals surface area contributed by atoms with Crippen LogP contribution in [-0.4, -0.2) is 33.1 Å². The van der Waals surface area contributed by atoms with Crippen molar-refractivity contribution in [2.45, 2.75) is 52.6 Å². The summed E-state index contributed by atoms with van der Waals surface area (Å²) in [6, 6.07) is 9.43. The summed E-state index contributed by atoms with van der Waals surface area (Å²) in [6.07, 6.45) is 1.60. The van der Waals surface area contributed by atoms with E-state index >= 15 is 0 Å². The monoisotopic (exact) mass is 344 g/mol. The molecule has 1 aromatic heterocycles. The van der Waals surface area contributed by atoms with Gasteiger partial charge in [-0.3, -0.25) is 4.68 Å². The van der Waals surface area contributed by atoms with Crippen LogP contribution in [0.1, 0.15) is 43.6 Å². The van der Waals surface area contributed by atoms with Crippen molar-refractivity contribution in [3.05, 3.63) is 47.3 Å². The van der Waals surface area contributed by atoms with E-state index in [-0.39, 0.29) is 12.6 Å². The van der Waals surface area contributed by atoms with Crippen molar-refractivity contribution in [1.82, 2.24) is 15.1 Å². The molecule has 0 spiro atoms. The van der Waals surface area contributed by atoms with Crippen molar-refractivity contribution in [3.8, 4) is 0 Å². The van der Waals surface area contributed by atoms with Crippen molar-refractivity contribution in [3.63, 3.8) is 0 Å². The maximum atomic E-state index is 12.2. The zero-order valence-electron chi connectivity index (χ0n) is 15.5. The number of aromatic nitrogens is 2. The summed E-state index contributed by atoms with van der Waals surface area (Å²) in [5.74, 6) is 0. The molecule has 6 heteroatoms. The molecular weight excluding hydrogens is 316 g/mol. The molecule has 0 saturated heterocycles. The van der Waals surface area contributed by atoms with E-state index in [0.29, 0.717) is 12.2 Å². The lowest BCUT2D eigenvalue weighted by atomic mass is 9.98. The largest absolute Gasteiger partial charge is 0.394 e. The lowest BCUT2D eigenvalue weighted by Crippen LogP contribution is -2.50. The van der Waals surface area contributed by atoms with Crippen LogP contribution < -0.4 is 10.6 Å². The number of carbonyl (C=O) groups excluding carboxylic acids is 1. The molecule has 1 unspecified atom stereocenters. The fourth-order valence-electron chi connectivity index (χ4n) is 2.92. The molecule has 0 aliphatic carbocycles. The van der Waals surface area contributed by atoms with Crippen LogP contribution in [0.2, 0.25) is 0 Å². The highest BCUT2D eigenvalue weighted by molar-refractivity contribution is 5.89. The Labute approximate surface area is 149 Å². The summed E-state index contributed by atoms with van der Waals surface area (Å²) >= 11 is 0. The van der Waals surface area contributed by atoms with Crippen LogP contribution in [0.25, 0.3) is 0 Å². The molecule has 0 bridgehead atoms. The number of nitrogens with zero attached hydrogens (tertiary/aromatic N) is 2. The van der Waals surface area contributed by atoms with E-state index in [1.54, 1.807) is 0 Å². The molecule has 25 heavy (non-hydrogen) atoms. The third-order valence-electron chi connectivity index (χ3n) is 4.19. The Bertz CT molecular complexity index is 726. The number of benzene rings is 1. The minimum absolute atomic E-state index is 0.0910. The standard InChI is InChI=1S/C19H28N4O2/c1-5-9-19(4,13-24)21-18(25)20-17-8-6-7-16(11-17)12-23-15(3)10-14(2)22-23/h6-8,10-11,24H,5,9,12-13H2,1-4H3,(H2,20,21,25). The predicted molar refractivity (Wildman–Crippen MR) is 99.8 cm³/mol. The number of aliphatic hydroxyl groups excluding tert-OH is 1. The normalized spacial score (nSPS) is 13.3. The number of aryl methyl sites for hydroxylation is 2. The summed E-state index contributed by atoms with van der Waals surface area (Å²) < 4.78 is 1.94. The van der Waals surface area contributed by atoms with Crippen molar-refractivity contribution in [2.24, 2.45) is 0 Å². The Morgan fingerprint density at radius 2 is 2.08 bits per heavy atom. The number of hydrogen-bond acceptors (Lipinski definition) is 3. The molecule has 6 nitrogen and oxygen atoms in total. The number of anilines is 1. The number of hydrogen-bond donors (Lipinski definition) is 3. The smallest absolute Gasteiger partial charge is 0.319 e. The average Bonchev–Trinajstić information content (AvgIpc) is 2.85. The van der Waals surface area contributed by atoms with E-state index < -0.39 is 5.54 Å². The highest BCUT2D eigenvalue weighted by Gasteiger charge is 2.24. The van der Waals surface area contributed by atoms with Gasteiger partial charge in [0.2, 0.25) is 0 Å². The molecule has 2 aromatic rings. The van der Waals surface area contributed by atoms with Gasteiger partial charge >= 0.3 is 6.03 Å². The number of carbonyl (C=O) groups is 1. The Balaban J connectivity index is 2.03. The molecular formula is C19H28N4O2. The topological polar surface area (TPSA) is 79.2 Å². The fourth-order valence-corrected chi connectivity index (χ4v) is 2.92. The number of nitrogens with one attached hydrogen (secondary N) is 2. The van der Waals surface area contributed by atoms with Gasteiger partial charge in [-0.2, -0.15) is 5.10 Å². The van der Waals surface area contributed by atoms with E-state index in [1.165, 1.54) is 0 Å². The van der Waals surface area contributed by atoms with Gasteiger partial charge in [-0.25, -0.2) is 4.79 Å². The minimum atomic E-state index is -0.611. The van der Waals surface area contributed by atoms with Gasteiger partial charge < -0.3 is 15.7 Å². The summed E-state index contributed by atoms with van der Waals surface area (Å²) in [5.41, 5.74) is 3.26. The summed E-state index contributed by atoms with van der Waals surface area (Å²) in [4.78, 5) is 12.2. The SMILES string of the molecule is CCCC(C)(CO)NC(=O)Nc1cccc(Cn2nc(C)cc2C)c1. The van der Waals surface area contributed by atoms with E-state index in [4.69, 9.17) is 0 Å². The molecule has 3 N–H and O–H groups in total. The van der Waals surface area contributed by atoms with Crippen molar-refractivity contribution in [2.75, 3.05) is 11.9 Å². The fraction of sp³-hybridized carbons (Fsp3) is 0.474. The lowest BCUT2D eigenvalue weighted by molar-refractivity contribution is 0.167. The number of rotatable bonds is 7. The molecule has 2 amide bonds. The maximum Gasteiger partial charge on any atom is 0.319 e. The van der Waals surface area contributed by atoms with Gasteiger partial charge in [0, 0.05) is 11.4 Å². The van der Waals surface area contributed by atoms with Gasteiger partial charge in [0.25, 0.3) is 0 Å². The molecule has 2 rings (SSSR count). The van der Waals surface area contributed by atoms with Gasteiger partial charge in [0.1, 0.15) is 0 Å². The van der Waals surface area contributed by atoms with Crippen LogP contribution in [0, 0.1) is 13.8 Å². The summed E-state index contributed by atoms with van der Waals surface area (Å²) in [7, 11) is 0. The van der Waals surface area contributed by atoms with Gasteiger partial charge in [-0.05, 0) is 51.0 Å². The predicted octanol–water partition coefficient (Wildman–Crippen LogP) is 3.22. The van der Waals surface area contributed by atoms with E-state index in [1.807, 2.05) is 62.7 Å². The molecule has 0 radical (unpaired) electrons. The van der Waals surface area contributed by atoms with Crippen LogP contribution in [0.5, 0.6) is 0 Å². The average molecular weight is 344 g/mol. The Kier molecular flexibility index (Phi) is 6.20. The van der Waals surface area contributed by atoms with E-state index in [2.05, 4.69) is 15.7 Å². The first-order chi connectivity index (χ1) is 11.8. The summed E-state index contributed by atoms with van der Waals surface area (Å²) in [6.45, 7) is 8.43.